The monoisotopic (exact) mass is 351 g/mol. The van der Waals surface area contributed by atoms with E-state index in [1.54, 1.807) is 18.0 Å². The second-order valence-electron chi connectivity index (χ2n) is 5.32. The lowest BCUT2D eigenvalue weighted by atomic mass is 9.92. The first-order valence-corrected chi connectivity index (χ1v) is 7.65. The van der Waals surface area contributed by atoms with E-state index in [9.17, 15) is 5.11 Å². The van der Waals surface area contributed by atoms with Gasteiger partial charge in [-0.15, -0.1) is 0 Å². The van der Waals surface area contributed by atoms with Gasteiger partial charge in [0, 0.05) is 19.6 Å². The fourth-order valence-corrected chi connectivity index (χ4v) is 3.70. The number of hydrogen-bond acceptors (Lipinski definition) is 4. The molecular weight excluding hydrogens is 334 g/mol. The molecule has 0 radical (unpaired) electrons. The van der Waals surface area contributed by atoms with Gasteiger partial charge in [0.25, 0.3) is 0 Å². The molecule has 3 rings (SSSR count). The van der Waals surface area contributed by atoms with E-state index in [4.69, 9.17) is 10.5 Å². The number of hydrogen-bond donors (Lipinski definition) is 2. The molecule has 112 valence electrons. The third kappa shape index (κ3) is 2.32. The van der Waals surface area contributed by atoms with Crippen molar-refractivity contribution < 1.29 is 9.84 Å². The molecule has 1 aromatic carbocycles. The summed E-state index contributed by atoms with van der Waals surface area (Å²) in [6, 6.07) is 7.60. The lowest BCUT2D eigenvalue weighted by molar-refractivity contribution is 0.0646. The maximum atomic E-state index is 11.3. The predicted octanol–water partition coefficient (Wildman–Crippen LogP) is 1.93. The molecule has 1 aliphatic rings. The fraction of sp³-hybridized carbons (Fsp3) is 0.400. The molecule has 1 heterocycles. The topological polar surface area (TPSA) is 73.3 Å². The van der Waals surface area contributed by atoms with Gasteiger partial charge >= 0.3 is 0 Å². The van der Waals surface area contributed by atoms with E-state index < -0.39 is 5.60 Å². The highest BCUT2D eigenvalue weighted by molar-refractivity contribution is 9.10. The van der Waals surface area contributed by atoms with Gasteiger partial charge in [-0.2, -0.15) is 5.10 Å². The Labute approximate surface area is 131 Å². The van der Waals surface area contributed by atoms with Crippen molar-refractivity contribution in [3.8, 4) is 0 Å². The molecule has 1 aromatic heterocycles. The minimum atomic E-state index is -1.13. The lowest BCUT2D eigenvalue weighted by Crippen LogP contribution is -2.30. The highest BCUT2D eigenvalue weighted by Crippen LogP contribution is 2.47. The largest absolute Gasteiger partial charge is 0.383 e. The Bertz CT molecular complexity index is 658. The number of aliphatic hydroxyl groups is 1. The van der Waals surface area contributed by atoms with Crippen LogP contribution in [0, 0.1) is 0 Å². The highest BCUT2D eigenvalue weighted by Gasteiger charge is 2.45. The number of nitrogens with zero attached hydrogens (tertiary/aromatic N) is 2. The number of ether oxygens (including phenoxy) is 1. The summed E-state index contributed by atoms with van der Waals surface area (Å²) in [5.41, 5.74) is 7.66. The van der Waals surface area contributed by atoms with Crippen molar-refractivity contribution in [3.05, 3.63) is 51.8 Å². The highest BCUT2D eigenvalue weighted by atomic mass is 79.9. The molecule has 0 fully saturated rings. The average Bonchev–Trinajstić information content (AvgIpc) is 2.97. The van der Waals surface area contributed by atoms with E-state index in [2.05, 4.69) is 21.0 Å². The number of fused-ring (bicyclic) bond motifs is 1. The number of benzene rings is 1. The van der Waals surface area contributed by atoms with E-state index >= 15 is 0 Å². The first-order chi connectivity index (χ1) is 10.1. The zero-order valence-corrected chi connectivity index (χ0v) is 13.4. The third-order valence-corrected chi connectivity index (χ3v) is 4.60. The summed E-state index contributed by atoms with van der Waals surface area (Å²) in [6.07, 6.45) is 2.15. The lowest BCUT2D eigenvalue weighted by Gasteiger charge is -2.26. The van der Waals surface area contributed by atoms with Crippen molar-refractivity contribution in [2.75, 3.05) is 13.7 Å². The van der Waals surface area contributed by atoms with Gasteiger partial charge in [-0.05, 0) is 27.1 Å². The Balaban J connectivity index is 2.10. The summed E-state index contributed by atoms with van der Waals surface area (Å²) >= 11 is 3.50. The SMILES string of the molecule is COCCn1ncc(Br)c1C1(O)CC(N)c2ccccc21. The molecule has 0 saturated carbocycles. The minimum Gasteiger partial charge on any atom is -0.383 e. The van der Waals surface area contributed by atoms with Crippen LogP contribution < -0.4 is 5.73 Å². The van der Waals surface area contributed by atoms with Crippen LogP contribution in [0.25, 0.3) is 0 Å². The van der Waals surface area contributed by atoms with Crippen LogP contribution in [0.4, 0.5) is 0 Å². The van der Waals surface area contributed by atoms with Gasteiger partial charge in [0.2, 0.25) is 0 Å². The van der Waals surface area contributed by atoms with Gasteiger partial charge in [-0.1, -0.05) is 24.3 Å². The number of methoxy groups -OCH3 is 1. The fourth-order valence-electron chi connectivity index (χ4n) is 3.08. The van der Waals surface area contributed by atoms with Gasteiger partial charge in [0.05, 0.1) is 29.5 Å². The maximum Gasteiger partial charge on any atom is 0.134 e. The maximum absolute atomic E-state index is 11.3. The molecule has 0 spiro atoms. The van der Waals surface area contributed by atoms with Gasteiger partial charge in [0.1, 0.15) is 5.60 Å². The summed E-state index contributed by atoms with van der Waals surface area (Å²) in [5, 5.41) is 15.7. The summed E-state index contributed by atoms with van der Waals surface area (Å²) in [4.78, 5) is 0. The molecule has 2 aromatic rings. The second-order valence-corrected chi connectivity index (χ2v) is 6.17. The van der Waals surface area contributed by atoms with Crippen LogP contribution in [-0.2, 0) is 16.9 Å². The molecule has 2 atom stereocenters. The Morgan fingerprint density at radius 3 is 3.05 bits per heavy atom. The molecule has 0 aliphatic heterocycles. The average molecular weight is 352 g/mol. The second kappa shape index (κ2) is 5.53. The third-order valence-electron chi connectivity index (χ3n) is 4.01. The predicted molar refractivity (Wildman–Crippen MR) is 82.8 cm³/mol. The molecule has 5 nitrogen and oxygen atoms in total. The summed E-state index contributed by atoms with van der Waals surface area (Å²) < 4.78 is 7.68. The zero-order valence-electron chi connectivity index (χ0n) is 11.8. The van der Waals surface area contributed by atoms with E-state index in [-0.39, 0.29) is 6.04 Å². The van der Waals surface area contributed by atoms with Crippen molar-refractivity contribution >= 4 is 15.9 Å². The minimum absolute atomic E-state index is 0.177. The summed E-state index contributed by atoms with van der Waals surface area (Å²) in [5.74, 6) is 0. The Hall–Kier alpha value is -1.21. The number of nitrogens with two attached hydrogens (primary N) is 1. The molecule has 0 bridgehead atoms. The van der Waals surface area contributed by atoms with E-state index in [0.29, 0.717) is 19.6 Å². The van der Waals surface area contributed by atoms with Gasteiger partial charge in [-0.25, -0.2) is 0 Å². The van der Waals surface area contributed by atoms with Gasteiger partial charge < -0.3 is 15.6 Å². The molecule has 21 heavy (non-hydrogen) atoms. The first kappa shape index (κ1) is 14.7. The zero-order chi connectivity index (χ0) is 15.0. The molecule has 2 unspecified atom stereocenters. The summed E-state index contributed by atoms with van der Waals surface area (Å²) in [6.45, 7) is 1.11. The molecule has 1 aliphatic carbocycles. The van der Waals surface area contributed by atoms with Crippen molar-refractivity contribution in [1.82, 2.24) is 9.78 Å². The van der Waals surface area contributed by atoms with E-state index in [0.717, 1.165) is 21.3 Å². The molecule has 0 amide bonds. The number of aromatic nitrogens is 2. The quantitative estimate of drug-likeness (QED) is 0.882. The van der Waals surface area contributed by atoms with Crippen LogP contribution in [0.5, 0.6) is 0 Å². The Kier molecular flexibility index (Phi) is 3.88. The molecule has 0 saturated heterocycles. The molecule has 6 heteroatoms. The smallest absolute Gasteiger partial charge is 0.134 e. The standard InChI is InChI=1S/C15H18BrN3O2/c1-21-7-6-19-14(12(16)9-18-19)15(20)8-13(17)10-4-2-3-5-11(10)15/h2-5,9,13,20H,6-8,17H2,1H3. The van der Waals surface area contributed by atoms with Crippen molar-refractivity contribution in [3.63, 3.8) is 0 Å². The Morgan fingerprint density at radius 1 is 1.52 bits per heavy atom. The Morgan fingerprint density at radius 2 is 2.29 bits per heavy atom. The first-order valence-electron chi connectivity index (χ1n) is 6.86. The number of halogens is 1. The van der Waals surface area contributed by atoms with Crippen LogP contribution in [0.15, 0.2) is 34.9 Å². The molecular formula is C15H18BrN3O2. The van der Waals surface area contributed by atoms with Crippen LogP contribution in [-0.4, -0.2) is 28.6 Å². The van der Waals surface area contributed by atoms with E-state index in [1.807, 2.05) is 24.3 Å². The van der Waals surface area contributed by atoms with E-state index in [1.165, 1.54) is 0 Å². The van der Waals surface area contributed by atoms with Crippen molar-refractivity contribution in [1.29, 1.82) is 0 Å². The van der Waals surface area contributed by atoms with Crippen LogP contribution in [0.3, 0.4) is 0 Å². The van der Waals surface area contributed by atoms with Crippen LogP contribution >= 0.6 is 15.9 Å². The van der Waals surface area contributed by atoms with Gasteiger partial charge in [-0.3, -0.25) is 4.68 Å². The van der Waals surface area contributed by atoms with Gasteiger partial charge in [0.15, 0.2) is 0 Å². The summed E-state index contributed by atoms with van der Waals surface area (Å²) in [7, 11) is 1.65. The van der Waals surface area contributed by atoms with Crippen molar-refractivity contribution in [2.24, 2.45) is 5.73 Å². The van der Waals surface area contributed by atoms with Crippen molar-refractivity contribution in [2.45, 2.75) is 24.6 Å². The molecule has 3 N–H and O–H groups in total. The van der Waals surface area contributed by atoms with Crippen LogP contribution in [0.2, 0.25) is 0 Å². The van der Waals surface area contributed by atoms with Crippen LogP contribution in [0.1, 0.15) is 29.3 Å². The normalized spacial score (nSPS) is 24.3. The number of rotatable bonds is 4.